The molecule has 2 N–H and O–H groups in total. The van der Waals surface area contributed by atoms with Crippen molar-refractivity contribution >= 4 is 17.6 Å². The third-order valence-corrected chi connectivity index (χ3v) is 5.25. The highest BCUT2D eigenvalue weighted by molar-refractivity contribution is 5.97. The Morgan fingerprint density at radius 2 is 2.04 bits per heavy atom. The zero-order valence-corrected chi connectivity index (χ0v) is 15.0. The van der Waals surface area contributed by atoms with Crippen molar-refractivity contribution in [3.8, 4) is 5.75 Å². The lowest BCUT2D eigenvalue weighted by Gasteiger charge is -2.30. The van der Waals surface area contributed by atoms with Crippen LogP contribution in [0, 0.1) is 5.92 Å². The molecule has 0 aromatic heterocycles. The number of anilines is 1. The summed E-state index contributed by atoms with van der Waals surface area (Å²) in [6.45, 7) is 2.67. The molecule has 25 heavy (non-hydrogen) atoms. The molecule has 1 saturated heterocycles. The van der Waals surface area contributed by atoms with E-state index in [-0.39, 0.29) is 24.0 Å². The second-order valence-corrected chi connectivity index (χ2v) is 7.09. The fraction of sp³-hybridized carbons (Fsp3) is 0.579. The smallest absolute Gasteiger partial charge is 0.315 e. The highest BCUT2D eigenvalue weighted by Crippen LogP contribution is 2.26. The first kappa shape index (κ1) is 17.6. The van der Waals surface area contributed by atoms with Gasteiger partial charge in [-0.15, -0.1) is 0 Å². The average Bonchev–Trinajstić information content (AvgIpc) is 2.97. The Labute approximate surface area is 148 Å². The van der Waals surface area contributed by atoms with E-state index in [1.165, 1.54) is 12.8 Å². The molecule has 1 aromatic carbocycles. The molecule has 0 bridgehead atoms. The van der Waals surface area contributed by atoms with E-state index in [2.05, 4.69) is 17.6 Å². The third kappa shape index (κ3) is 4.24. The van der Waals surface area contributed by atoms with Crippen LogP contribution in [0.15, 0.2) is 24.3 Å². The molecule has 1 heterocycles. The molecule has 1 aliphatic carbocycles. The largest absolute Gasteiger partial charge is 0.497 e. The quantitative estimate of drug-likeness (QED) is 0.881. The predicted octanol–water partition coefficient (Wildman–Crippen LogP) is 2.68. The van der Waals surface area contributed by atoms with E-state index in [4.69, 9.17) is 4.74 Å². The molecule has 6 nitrogen and oxygen atoms in total. The normalized spacial score (nSPS) is 26.4. The van der Waals surface area contributed by atoms with Crippen LogP contribution in [0.5, 0.6) is 5.75 Å². The number of rotatable bonds is 4. The first-order valence-electron chi connectivity index (χ1n) is 9.08. The number of methoxy groups -OCH3 is 1. The first-order chi connectivity index (χ1) is 12.1. The van der Waals surface area contributed by atoms with Crippen LogP contribution in [0.25, 0.3) is 0 Å². The summed E-state index contributed by atoms with van der Waals surface area (Å²) in [4.78, 5) is 26.3. The molecule has 3 rings (SSSR count). The molecule has 2 aliphatic rings. The lowest BCUT2D eigenvalue weighted by molar-refractivity contribution is -0.117. The minimum absolute atomic E-state index is 0.0181. The number of hydrogen-bond acceptors (Lipinski definition) is 3. The predicted molar refractivity (Wildman–Crippen MR) is 96.8 cm³/mol. The highest BCUT2D eigenvalue weighted by Gasteiger charge is 2.32. The van der Waals surface area contributed by atoms with Crippen molar-refractivity contribution in [2.24, 2.45) is 5.92 Å². The summed E-state index contributed by atoms with van der Waals surface area (Å²) in [6, 6.07) is 7.33. The van der Waals surface area contributed by atoms with Gasteiger partial charge >= 0.3 is 6.03 Å². The summed E-state index contributed by atoms with van der Waals surface area (Å²) >= 11 is 0. The molecule has 1 saturated carbocycles. The van der Waals surface area contributed by atoms with Crippen LogP contribution in [-0.4, -0.2) is 37.7 Å². The topological polar surface area (TPSA) is 70.7 Å². The van der Waals surface area contributed by atoms with Crippen molar-refractivity contribution in [1.82, 2.24) is 10.6 Å². The van der Waals surface area contributed by atoms with Gasteiger partial charge in [0.25, 0.3) is 0 Å². The van der Waals surface area contributed by atoms with Crippen LogP contribution in [0.2, 0.25) is 0 Å². The van der Waals surface area contributed by atoms with Gasteiger partial charge in [-0.2, -0.15) is 0 Å². The van der Waals surface area contributed by atoms with Crippen molar-refractivity contribution in [2.45, 2.75) is 51.1 Å². The maximum atomic E-state index is 12.3. The molecule has 0 unspecified atom stereocenters. The number of carbonyl (C=O) groups excluding carboxylic acids is 2. The highest BCUT2D eigenvalue weighted by atomic mass is 16.5. The van der Waals surface area contributed by atoms with Crippen LogP contribution in [0.4, 0.5) is 10.5 Å². The zero-order chi connectivity index (χ0) is 17.8. The van der Waals surface area contributed by atoms with Gasteiger partial charge in [0.15, 0.2) is 0 Å². The zero-order valence-electron chi connectivity index (χ0n) is 15.0. The summed E-state index contributed by atoms with van der Waals surface area (Å²) in [6.07, 6.45) is 4.93. The maximum absolute atomic E-state index is 12.3. The second kappa shape index (κ2) is 7.76. The minimum Gasteiger partial charge on any atom is -0.497 e. The number of ether oxygens (including phenoxy) is 1. The Morgan fingerprint density at radius 1 is 1.24 bits per heavy atom. The van der Waals surface area contributed by atoms with Crippen LogP contribution in [0.3, 0.4) is 0 Å². The standard InChI is InChI=1S/C19H27N3O3/c1-13-6-3-4-9-17(13)21-19(24)20-14-10-18(23)22(12-14)15-7-5-8-16(11-15)25-2/h5,7-8,11,13-14,17H,3-4,6,9-10,12H2,1-2H3,(H2,20,21,24)/t13-,14+,17+/m0/s1. The van der Waals surface area contributed by atoms with Crippen LogP contribution >= 0.6 is 0 Å². The van der Waals surface area contributed by atoms with Gasteiger partial charge in [0.2, 0.25) is 5.91 Å². The van der Waals surface area contributed by atoms with Gasteiger partial charge in [-0.1, -0.05) is 25.8 Å². The first-order valence-corrected chi connectivity index (χ1v) is 9.08. The fourth-order valence-electron chi connectivity index (χ4n) is 3.76. The summed E-state index contributed by atoms with van der Waals surface area (Å²) < 4.78 is 5.22. The minimum atomic E-state index is -0.169. The third-order valence-electron chi connectivity index (χ3n) is 5.25. The fourth-order valence-corrected chi connectivity index (χ4v) is 3.76. The van der Waals surface area contributed by atoms with Crippen molar-refractivity contribution in [1.29, 1.82) is 0 Å². The van der Waals surface area contributed by atoms with Crippen molar-refractivity contribution < 1.29 is 14.3 Å². The molecule has 1 aliphatic heterocycles. The second-order valence-electron chi connectivity index (χ2n) is 7.09. The van der Waals surface area contributed by atoms with Gasteiger partial charge in [-0.05, 0) is 30.9 Å². The summed E-state index contributed by atoms with van der Waals surface area (Å²) in [5.74, 6) is 1.24. The van der Waals surface area contributed by atoms with Crippen LogP contribution in [-0.2, 0) is 4.79 Å². The van der Waals surface area contributed by atoms with E-state index in [1.807, 2.05) is 24.3 Å². The molecule has 0 spiro atoms. The number of carbonyl (C=O) groups is 2. The SMILES string of the molecule is COc1cccc(N2C[C@H](NC(=O)N[C@@H]3CCCC[C@@H]3C)CC2=O)c1. The molecular weight excluding hydrogens is 318 g/mol. The van der Waals surface area contributed by atoms with E-state index < -0.39 is 0 Å². The molecule has 6 heteroatoms. The Balaban J connectivity index is 1.56. The Hall–Kier alpha value is -2.24. The van der Waals surface area contributed by atoms with E-state index in [9.17, 15) is 9.59 Å². The van der Waals surface area contributed by atoms with Crippen molar-refractivity contribution in [2.75, 3.05) is 18.6 Å². The van der Waals surface area contributed by atoms with Gasteiger partial charge in [-0.3, -0.25) is 4.79 Å². The maximum Gasteiger partial charge on any atom is 0.315 e. The Morgan fingerprint density at radius 3 is 2.80 bits per heavy atom. The van der Waals surface area contributed by atoms with Gasteiger partial charge < -0.3 is 20.3 Å². The molecular formula is C19H27N3O3. The molecule has 0 radical (unpaired) electrons. The van der Waals surface area contributed by atoms with E-state index in [1.54, 1.807) is 12.0 Å². The number of amides is 3. The number of urea groups is 1. The summed E-state index contributed by atoms with van der Waals surface area (Å²) in [5, 5.41) is 6.05. The number of hydrogen-bond donors (Lipinski definition) is 2. The van der Waals surface area contributed by atoms with E-state index in [0.29, 0.717) is 24.6 Å². The monoisotopic (exact) mass is 345 g/mol. The van der Waals surface area contributed by atoms with Crippen molar-refractivity contribution in [3.63, 3.8) is 0 Å². The Kier molecular flexibility index (Phi) is 5.46. The van der Waals surface area contributed by atoms with Crippen LogP contribution < -0.4 is 20.3 Å². The van der Waals surface area contributed by atoms with Crippen molar-refractivity contribution in [3.05, 3.63) is 24.3 Å². The van der Waals surface area contributed by atoms with Gasteiger partial charge in [0.1, 0.15) is 5.75 Å². The lowest BCUT2D eigenvalue weighted by atomic mass is 9.86. The molecule has 3 amide bonds. The summed E-state index contributed by atoms with van der Waals surface area (Å²) in [7, 11) is 1.60. The average molecular weight is 345 g/mol. The number of nitrogens with one attached hydrogen (secondary N) is 2. The molecule has 2 fully saturated rings. The Bertz CT molecular complexity index is 634. The lowest BCUT2D eigenvalue weighted by Crippen LogP contribution is -2.49. The summed E-state index contributed by atoms with van der Waals surface area (Å²) in [5.41, 5.74) is 0.801. The molecule has 1 aromatic rings. The van der Waals surface area contributed by atoms with Gasteiger partial charge in [0.05, 0.1) is 13.2 Å². The van der Waals surface area contributed by atoms with Crippen LogP contribution in [0.1, 0.15) is 39.0 Å². The van der Waals surface area contributed by atoms with E-state index >= 15 is 0 Å². The van der Waals surface area contributed by atoms with Gasteiger partial charge in [-0.25, -0.2) is 4.79 Å². The molecule has 3 atom stereocenters. The van der Waals surface area contributed by atoms with E-state index in [0.717, 1.165) is 18.5 Å². The van der Waals surface area contributed by atoms with Gasteiger partial charge in [0, 0.05) is 30.8 Å². The molecule has 136 valence electrons. The number of benzene rings is 1. The number of nitrogens with zero attached hydrogens (tertiary/aromatic N) is 1.